The molecule has 0 saturated carbocycles. The Morgan fingerprint density at radius 3 is 2.68 bits per heavy atom. The molecule has 0 bridgehead atoms. The molecule has 4 nitrogen and oxygen atoms in total. The number of thiophene rings is 1. The van der Waals surface area contributed by atoms with E-state index in [1.807, 2.05) is 0 Å². The minimum atomic E-state index is -0.958. The number of halogens is 2. The van der Waals surface area contributed by atoms with Crippen LogP contribution in [0.1, 0.15) is 27.7 Å². The van der Waals surface area contributed by atoms with E-state index in [1.54, 1.807) is 17.5 Å². The zero-order valence-corrected chi connectivity index (χ0v) is 12.5. The first-order chi connectivity index (χ1) is 10.5. The number of benzene rings is 1. The molecular formula is C15H13F2NO3S. The average molecular weight is 325 g/mol. The topological polar surface area (TPSA) is 55.4 Å². The zero-order valence-electron chi connectivity index (χ0n) is 11.6. The second-order valence-corrected chi connectivity index (χ2v) is 5.43. The van der Waals surface area contributed by atoms with E-state index >= 15 is 0 Å². The Hall–Kier alpha value is -2.28. The molecule has 1 atom stereocenters. The number of methoxy groups -OCH3 is 1. The maximum absolute atomic E-state index is 13.6. The molecule has 1 heterocycles. The maximum Gasteiger partial charge on any atom is 0.307 e. The van der Waals surface area contributed by atoms with Crippen molar-refractivity contribution in [1.29, 1.82) is 0 Å². The van der Waals surface area contributed by atoms with Crippen molar-refractivity contribution >= 4 is 23.2 Å². The van der Waals surface area contributed by atoms with Crippen LogP contribution in [0.2, 0.25) is 0 Å². The SMILES string of the molecule is COC(=O)C[C@@H](NC(=O)c1ccc(F)cc1F)c1cccs1. The fourth-order valence-corrected chi connectivity index (χ4v) is 2.65. The summed E-state index contributed by atoms with van der Waals surface area (Å²) < 4.78 is 31.1. The van der Waals surface area contributed by atoms with Gasteiger partial charge in [0, 0.05) is 10.9 Å². The zero-order chi connectivity index (χ0) is 16.1. The Balaban J connectivity index is 2.19. The Bertz CT molecular complexity index is 673. The molecule has 0 radical (unpaired) electrons. The predicted molar refractivity (Wildman–Crippen MR) is 77.5 cm³/mol. The van der Waals surface area contributed by atoms with Gasteiger partial charge in [0.05, 0.1) is 25.1 Å². The smallest absolute Gasteiger partial charge is 0.307 e. The number of hydrogen-bond acceptors (Lipinski definition) is 4. The molecule has 116 valence electrons. The number of rotatable bonds is 5. The number of hydrogen-bond donors (Lipinski definition) is 1. The molecule has 0 saturated heterocycles. The highest BCUT2D eigenvalue weighted by molar-refractivity contribution is 7.10. The molecule has 0 aliphatic rings. The molecule has 0 spiro atoms. The molecule has 2 rings (SSSR count). The molecule has 7 heteroatoms. The molecule has 1 N–H and O–H groups in total. The lowest BCUT2D eigenvalue weighted by Gasteiger charge is -2.16. The van der Waals surface area contributed by atoms with E-state index < -0.39 is 29.6 Å². The van der Waals surface area contributed by atoms with Crippen LogP contribution < -0.4 is 5.32 Å². The number of esters is 1. The maximum atomic E-state index is 13.6. The molecule has 1 aromatic heterocycles. The first-order valence-electron chi connectivity index (χ1n) is 6.37. The van der Waals surface area contributed by atoms with Crippen LogP contribution in [0.15, 0.2) is 35.7 Å². The minimum absolute atomic E-state index is 0.0778. The number of ether oxygens (including phenoxy) is 1. The highest BCUT2D eigenvalue weighted by atomic mass is 32.1. The Morgan fingerprint density at radius 2 is 2.09 bits per heavy atom. The van der Waals surface area contributed by atoms with E-state index in [1.165, 1.54) is 18.4 Å². The van der Waals surface area contributed by atoms with Crippen LogP contribution in [0.5, 0.6) is 0 Å². The van der Waals surface area contributed by atoms with Crippen molar-refractivity contribution in [1.82, 2.24) is 5.32 Å². The minimum Gasteiger partial charge on any atom is -0.469 e. The number of amides is 1. The number of carbonyl (C=O) groups is 2. The van der Waals surface area contributed by atoms with Gasteiger partial charge in [-0.1, -0.05) is 6.07 Å². The monoisotopic (exact) mass is 325 g/mol. The highest BCUT2D eigenvalue weighted by Crippen LogP contribution is 2.23. The predicted octanol–water partition coefficient (Wildman–Crippen LogP) is 3.06. The number of carbonyl (C=O) groups excluding carboxylic acids is 2. The Kier molecular flexibility index (Phi) is 5.21. The van der Waals surface area contributed by atoms with E-state index in [9.17, 15) is 18.4 Å². The summed E-state index contributed by atoms with van der Waals surface area (Å²) in [6, 6.07) is 5.58. The summed E-state index contributed by atoms with van der Waals surface area (Å²) in [4.78, 5) is 24.3. The van der Waals surface area contributed by atoms with Gasteiger partial charge >= 0.3 is 5.97 Å². The van der Waals surface area contributed by atoms with Crippen molar-refractivity contribution in [2.45, 2.75) is 12.5 Å². The van der Waals surface area contributed by atoms with Crippen molar-refractivity contribution in [3.63, 3.8) is 0 Å². The summed E-state index contributed by atoms with van der Waals surface area (Å²) in [5, 5.41) is 4.37. The average Bonchev–Trinajstić information content (AvgIpc) is 3.00. The fourth-order valence-electron chi connectivity index (χ4n) is 1.87. The summed E-state index contributed by atoms with van der Waals surface area (Å²) in [5.74, 6) is -2.95. The van der Waals surface area contributed by atoms with Crippen LogP contribution in [0.3, 0.4) is 0 Å². The largest absolute Gasteiger partial charge is 0.469 e. The van der Waals surface area contributed by atoms with Crippen LogP contribution >= 0.6 is 11.3 Å². The van der Waals surface area contributed by atoms with E-state index in [0.717, 1.165) is 17.0 Å². The van der Waals surface area contributed by atoms with E-state index in [-0.39, 0.29) is 12.0 Å². The second kappa shape index (κ2) is 7.13. The van der Waals surface area contributed by atoms with Gasteiger partial charge in [-0.15, -0.1) is 11.3 Å². The van der Waals surface area contributed by atoms with Gasteiger partial charge in [-0.05, 0) is 23.6 Å². The van der Waals surface area contributed by atoms with Crippen molar-refractivity contribution in [3.05, 3.63) is 57.8 Å². The summed E-state index contributed by atoms with van der Waals surface area (Å²) in [7, 11) is 1.25. The van der Waals surface area contributed by atoms with Crippen LogP contribution in [-0.2, 0) is 9.53 Å². The van der Waals surface area contributed by atoms with Gasteiger partial charge < -0.3 is 10.1 Å². The first-order valence-corrected chi connectivity index (χ1v) is 7.25. The molecule has 0 unspecified atom stereocenters. The molecule has 22 heavy (non-hydrogen) atoms. The standard InChI is InChI=1S/C15H13F2NO3S/c1-21-14(19)8-12(13-3-2-6-22-13)18-15(20)10-5-4-9(16)7-11(10)17/h2-7,12H,8H2,1H3,(H,18,20)/t12-/m1/s1. The lowest BCUT2D eigenvalue weighted by molar-refractivity contribution is -0.141. The van der Waals surface area contributed by atoms with Gasteiger partial charge in [-0.2, -0.15) is 0 Å². The molecule has 2 aromatic rings. The van der Waals surface area contributed by atoms with Crippen molar-refractivity contribution in [3.8, 4) is 0 Å². The quantitative estimate of drug-likeness (QED) is 0.860. The highest BCUT2D eigenvalue weighted by Gasteiger charge is 2.22. The van der Waals surface area contributed by atoms with Crippen molar-refractivity contribution < 1.29 is 23.1 Å². The lowest BCUT2D eigenvalue weighted by atomic mass is 10.1. The van der Waals surface area contributed by atoms with Crippen LogP contribution in [0.4, 0.5) is 8.78 Å². The molecule has 1 amide bonds. The molecule has 1 aromatic carbocycles. The van der Waals surface area contributed by atoms with Gasteiger partial charge in [0.1, 0.15) is 11.6 Å². The Morgan fingerprint density at radius 1 is 1.32 bits per heavy atom. The summed E-state index contributed by atoms with van der Waals surface area (Å²) >= 11 is 1.35. The third kappa shape index (κ3) is 3.88. The van der Waals surface area contributed by atoms with Gasteiger partial charge in [-0.3, -0.25) is 9.59 Å². The summed E-state index contributed by atoms with van der Waals surface area (Å²) in [6.07, 6.45) is -0.0778. The summed E-state index contributed by atoms with van der Waals surface area (Å²) in [5.41, 5.74) is -0.284. The third-order valence-electron chi connectivity index (χ3n) is 2.97. The van der Waals surface area contributed by atoms with Gasteiger partial charge in [-0.25, -0.2) is 8.78 Å². The normalized spacial score (nSPS) is 11.8. The van der Waals surface area contributed by atoms with Crippen LogP contribution in [0, 0.1) is 11.6 Å². The van der Waals surface area contributed by atoms with Crippen molar-refractivity contribution in [2.24, 2.45) is 0 Å². The Labute approximate surface area is 129 Å². The van der Waals surface area contributed by atoms with E-state index in [4.69, 9.17) is 0 Å². The third-order valence-corrected chi connectivity index (χ3v) is 3.95. The fraction of sp³-hybridized carbons (Fsp3) is 0.200. The molecular weight excluding hydrogens is 312 g/mol. The second-order valence-electron chi connectivity index (χ2n) is 4.45. The van der Waals surface area contributed by atoms with E-state index in [2.05, 4.69) is 10.1 Å². The van der Waals surface area contributed by atoms with Crippen LogP contribution in [-0.4, -0.2) is 19.0 Å². The van der Waals surface area contributed by atoms with Gasteiger partial charge in [0.2, 0.25) is 0 Å². The molecule has 0 aliphatic carbocycles. The van der Waals surface area contributed by atoms with Crippen molar-refractivity contribution in [2.75, 3.05) is 7.11 Å². The lowest BCUT2D eigenvalue weighted by Crippen LogP contribution is -2.30. The van der Waals surface area contributed by atoms with Gasteiger partial charge in [0.25, 0.3) is 5.91 Å². The molecule has 0 aliphatic heterocycles. The first kappa shape index (κ1) is 16.1. The summed E-state index contributed by atoms with van der Waals surface area (Å²) in [6.45, 7) is 0. The van der Waals surface area contributed by atoms with E-state index in [0.29, 0.717) is 6.07 Å². The number of nitrogens with one attached hydrogen (secondary N) is 1. The van der Waals surface area contributed by atoms with Gasteiger partial charge in [0.15, 0.2) is 0 Å². The molecule has 0 fully saturated rings. The van der Waals surface area contributed by atoms with Crippen LogP contribution in [0.25, 0.3) is 0 Å².